The Morgan fingerprint density at radius 3 is 2.85 bits per heavy atom. The number of imidazole rings is 1. The van der Waals surface area contributed by atoms with E-state index in [-0.39, 0.29) is 17.2 Å². The lowest BCUT2D eigenvalue weighted by molar-refractivity contribution is -0.136. The molecule has 0 fully saturated rings. The molecule has 2 aromatic rings. The molecule has 2 N–H and O–H groups in total. The van der Waals surface area contributed by atoms with E-state index in [9.17, 15) is 13.2 Å². The lowest BCUT2D eigenvalue weighted by atomic mass is 10.3. The Bertz CT molecular complexity index is 691. The Labute approximate surface area is 119 Å². The third-order valence-corrected chi connectivity index (χ3v) is 5.91. The first-order chi connectivity index (χ1) is 9.39. The number of nitrogens with zero attached hydrogens (tertiary/aromatic N) is 2. The molecule has 2 rings (SSSR count). The van der Waals surface area contributed by atoms with Gasteiger partial charge in [-0.3, -0.25) is 4.79 Å². The third-order valence-electron chi connectivity index (χ3n) is 2.55. The monoisotopic (exact) mass is 315 g/mol. The minimum Gasteiger partial charge on any atom is -0.481 e. The van der Waals surface area contributed by atoms with Crippen LogP contribution in [-0.2, 0) is 27.8 Å². The van der Waals surface area contributed by atoms with E-state index in [0.29, 0.717) is 10.7 Å². The first-order valence-electron chi connectivity index (χ1n) is 5.64. The summed E-state index contributed by atoms with van der Waals surface area (Å²) in [6.07, 6.45) is 2.99. The molecule has 20 heavy (non-hydrogen) atoms. The summed E-state index contributed by atoms with van der Waals surface area (Å²) in [6, 6.07) is 2.95. The van der Waals surface area contributed by atoms with Crippen LogP contribution in [0.1, 0.15) is 10.7 Å². The van der Waals surface area contributed by atoms with Crippen molar-refractivity contribution in [1.82, 2.24) is 14.3 Å². The van der Waals surface area contributed by atoms with Gasteiger partial charge < -0.3 is 10.1 Å². The molecule has 0 bridgehead atoms. The number of H-pyrrole nitrogens is 1. The Hall–Kier alpha value is -1.71. The predicted molar refractivity (Wildman–Crippen MR) is 72.9 cm³/mol. The van der Waals surface area contributed by atoms with Crippen LogP contribution >= 0.6 is 11.3 Å². The third kappa shape index (κ3) is 3.24. The lowest BCUT2D eigenvalue weighted by Crippen LogP contribution is -2.26. The largest absolute Gasteiger partial charge is 0.481 e. The molecule has 0 aliphatic heterocycles. The number of nitrogens with one attached hydrogen (secondary N) is 1. The van der Waals surface area contributed by atoms with Crippen molar-refractivity contribution in [3.8, 4) is 0 Å². The summed E-state index contributed by atoms with van der Waals surface area (Å²) in [5.41, 5.74) is 0. The Kier molecular flexibility index (Phi) is 4.21. The smallest absolute Gasteiger partial charge is 0.308 e. The molecule has 0 radical (unpaired) electrons. The van der Waals surface area contributed by atoms with Crippen molar-refractivity contribution in [2.24, 2.45) is 0 Å². The zero-order valence-electron chi connectivity index (χ0n) is 10.6. The SMILES string of the molecule is CN(Cc1ncc[nH]1)S(=O)(=O)c1ccc(CC(=O)O)s1. The van der Waals surface area contributed by atoms with Crippen molar-refractivity contribution in [2.75, 3.05) is 7.05 Å². The quantitative estimate of drug-likeness (QED) is 0.825. The molecule has 0 atom stereocenters. The molecule has 0 spiro atoms. The first kappa shape index (κ1) is 14.7. The molecule has 0 aliphatic carbocycles. The molecule has 108 valence electrons. The minimum atomic E-state index is -3.63. The molecule has 2 aromatic heterocycles. The average Bonchev–Trinajstić information content (AvgIpc) is 2.99. The van der Waals surface area contributed by atoms with Gasteiger partial charge in [-0.05, 0) is 12.1 Å². The summed E-state index contributed by atoms with van der Waals surface area (Å²) >= 11 is 0.968. The maximum Gasteiger partial charge on any atom is 0.308 e. The second-order valence-corrected chi connectivity index (χ2v) is 7.53. The van der Waals surface area contributed by atoms with Crippen LogP contribution in [-0.4, -0.2) is 40.8 Å². The van der Waals surface area contributed by atoms with Crippen molar-refractivity contribution in [2.45, 2.75) is 17.2 Å². The zero-order valence-corrected chi connectivity index (χ0v) is 12.2. The highest BCUT2D eigenvalue weighted by Crippen LogP contribution is 2.25. The van der Waals surface area contributed by atoms with Gasteiger partial charge in [0.05, 0.1) is 13.0 Å². The van der Waals surface area contributed by atoms with Gasteiger partial charge in [-0.2, -0.15) is 4.31 Å². The first-order valence-corrected chi connectivity index (χ1v) is 7.90. The molecule has 0 aromatic carbocycles. The second kappa shape index (κ2) is 5.73. The molecule has 0 unspecified atom stereocenters. The van der Waals surface area contributed by atoms with Gasteiger partial charge in [0, 0.05) is 24.3 Å². The van der Waals surface area contributed by atoms with Crippen LogP contribution in [0.25, 0.3) is 0 Å². The van der Waals surface area contributed by atoms with E-state index in [1.807, 2.05) is 0 Å². The normalized spacial score (nSPS) is 11.9. The van der Waals surface area contributed by atoms with Gasteiger partial charge in [0.1, 0.15) is 10.0 Å². The average molecular weight is 315 g/mol. The number of hydrogen-bond donors (Lipinski definition) is 2. The van der Waals surface area contributed by atoms with E-state index < -0.39 is 16.0 Å². The fraction of sp³-hybridized carbons (Fsp3) is 0.273. The zero-order chi connectivity index (χ0) is 14.8. The maximum atomic E-state index is 12.3. The van der Waals surface area contributed by atoms with Crippen LogP contribution in [0.3, 0.4) is 0 Å². The maximum absolute atomic E-state index is 12.3. The van der Waals surface area contributed by atoms with Crippen molar-refractivity contribution in [3.63, 3.8) is 0 Å². The van der Waals surface area contributed by atoms with E-state index in [1.165, 1.54) is 23.5 Å². The molecule has 0 amide bonds. The summed E-state index contributed by atoms with van der Waals surface area (Å²) in [7, 11) is -2.18. The fourth-order valence-electron chi connectivity index (χ4n) is 1.57. The van der Waals surface area contributed by atoms with E-state index in [4.69, 9.17) is 5.11 Å². The summed E-state index contributed by atoms with van der Waals surface area (Å²) < 4.78 is 25.9. The van der Waals surface area contributed by atoms with Gasteiger partial charge in [-0.25, -0.2) is 13.4 Å². The van der Waals surface area contributed by atoms with Crippen LogP contribution < -0.4 is 0 Å². The molecule has 7 nitrogen and oxygen atoms in total. The van der Waals surface area contributed by atoms with Crippen molar-refractivity contribution in [1.29, 1.82) is 0 Å². The number of aliphatic carboxylic acids is 1. The second-order valence-electron chi connectivity index (χ2n) is 4.09. The summed E-state index contributed by atoms with van der Waals surface area (Å²) in [5.74, 6) is -0.446. The summed E-state index contributed by atoms with van der Waals surface area (Å²) in [5, 5.41) is 8.69. The van der Waals surface area contributed by atoms with Gasteiger partial charge in [0.15, 0.2) is 0 Å². The molecule has 2 heterocycles. The molecule has 9 heteroatoms. The number of carboxylic acids is 1. The highest BCUT2D eigenvalue weighted by Gasteiger charge is 2.23. The molecule has 0 saturated heterocycles. The number of hydrogen-bond acceptors (Lipinski definition) is 5. The topological polar surface area (TPSA) is 103 Å². The summed E-state index contributed by atoms with van der Waals surface area (Å²) in [4.78, 5) is 17.9. The number of aromatic amines is 1. The van der Waals surface area contributed by atoms with Crippen LogP contribution in [0.4, 0.5) is 0 Å². The van der Waals surface area contributed by atoms with Crippen LogP contribution in [0.5, 0.6) is 0 Å². The number of carbonyl (C=O) groups is 1. The Balaban J connectivity index is 2.16. The molecular weight excluding hydrogens is 302 g/mol. The minimum absolute atomic E-state index is 0.126. The highest BCUT2D eigenvalue weighted by molar-refractivity contribution is 7.91. The number of sulfonamides is 1. The highest BCUT2D eigenvalue weighted by atomic mass is 32.2. The van der Waals surface area contributed by atoms with Crippen LogP contribution in [0.15, 0.2) is 28.7 Å². The van der Waals surface area contributed by atoms with Gasteiger partial charge in [0.2, 0.25) is 0 Å². The van der Waals surface area contributed by atoms with E-state index >= 15 is 0 Å². The number of thiophene rings is 1. The van der Waals surface area contributed by atoms with Crippen LogP contribution in [0.2, 0.25) is 0 Å². The Morgan fingerprint density at radius 1 is 1.50 bits per heavy atom. The molecule has 0 aliphatic rings. The van der Waals surface area contributed by atoms with E-state index in [0.717, 1.165) is 11.3 Å². The van der Waals surface area contributed by atoms with Gasteiger partial charge in [-0.15, -0.1) is 11.3 Å². The van der Waals surface area contributed by atoms with E-state index in [2.05, 4.69) is 9.97 Å². The standard InChI is InChI=1S/C11H13N3O4S2/c1-14(7-9-12-4-5-13-9)20(17,18)11-3-2-8(19-11)6-10(15)16/h2-5H,6-7H2,1H3,(H,12,13)(H,15,16). The number of carboxylic acid groups (broad SMARTS) is 1. The van der Waals surface area contributed by atoms with Gasteiger partial charge >= 0.3 is 5.97 Å². The predicted octanol–water partition coefficient (Wildman–Crippen LogP) is 0.919. The number of rotatable bonds is 6. The molecular formula is C11H13N3O4S2. The van der Waals surface area contributed by atoms with Gasteiger partial charge in [0.25, 0.3) is 10.0 Å². The summed E-state index contributed by atoms with van der Waals surface area (Å²) in [6.45, 7) is 0.126. The van der Waals surface area contributed by atoms with E-state index in [1.54, 1.807) is 12.4 Å². The van der Waals surface area contributed by atoms with Crippen molar-refractivity contribution >= 4 is 27.3 Å². The lowest BCUT2D eigenvalue weighted by Gasteiger charge is -2.14. The Morgan fingerprint density at radius 2 is 2.25 bits per heavy atom. The van der Waals surface area contributed by atoms with Crippen LogP contribution in [0, 0.1) is 0 Å². The fourth-order valence-corrected chi connectivity index (χ4v) is 4.26. The number of aromatic nitrogens is 2. The molecule has 0 saturated carbocycles. The van der Waals surface area contributed by atoms with Crippen molar-refractivity contribution in [3.05, 3.63) is 35.2 Å². The van der Waals surface area contributed by atoms with Gasteiger partial charge in [-0.1, -0.05) is 0 Å². The van der Waals surface area contributed by atoms with Crippen molar-refractivity contribution < 1.29 is 18.3 Å².